The average Bonchev–Trinajstić information content (AvgIpc) is 2.47. The largest absolute Gasteiger partial charge is 0.416 e. The number of halogens is 3. The van der Waals surface area contributed by atoms with Gasteiger partial charge in [0.05, 0.1) is 5.56 Å². The zero-order chi connectivity index (χ0) is 16.2. The van der Waals surface area contributed by atoms with Crippen molar-refractivity contribution in [2.75, 3.05) is 0 Å². The second-order valence-electron chi connectivity index (χ2n) is 5.01. The number of aromatic nitrogens is 1. The summed E-state index contributed by atoms with van der Waals surface area (Å²) in [6, 6.07) is 7.72. The third-order valence-corrected chi connectivity index (χ3v) is 3.14. The van der Waals surface area contributed by atoms with Gasteiger partial charge in [0.15, 0.2) is 0 Å². The maximum Gasteiger partial charge on any atom is 0.416 e. The topological polar surface area (TPSA) is 42.0 Å². The van der Waals surface area contributed by atoms with Gasteiger partial charge in [-0.3, -0.25) is 9.78 Å². The van der Waals surface area contributed by atoms with Crippen molar-refractivity contribution in [2.24, 2.45) is 0 Å². The predicted molar refractivity (Wildman–Crippen MR) is 76.3 cm³/mol. The van der Waals surface area contributed by atoms with Crippen LogP contribution in [-0.2, 0) is 12.6 Å². The van der Waals surface area contributed by atoms with Crippen molar-refractivity contribution in [1.82, 2.24) is 10.3 Å². The van der Waals surface area contributed by atoms with Gasteiger partial charge in [-0.25, -0.2) is 0 Å². The third kappa shape index (κ3) is 4.31. The third-order valence-electron chi connectivity index (χ3n) is 3.14. The van der Waals surface area contributed by atoms with E-state index >= 15 is 0 Å². The van der Waals surface area contributed by atoms with Crippen LogP contribution in [0.3, 0.4) is 0 Å². The van der Waals surface area contributed by atoms with Crippen molar-refractivity contribution < 1.29 is 18.0 Å². The van der Waals surface area contributed by atoms with Gasteiger partial charge in [0.2, 0.25) is 0 Å². The van der Waals surface area contributed by atoms with E-state index in [2.05, 4.69) is 10.3 Å². The van der Waals surface area contributed by atoms with E-state index < -0.39 is 17.6 Å². The van der Waals surface area contributed by atoms with E-state index in [1.165, 1.54) is 12.1 Å². The van der Waals surface area contributed by atoms with Crippen LogP contribution in [0.2, 0.25) is 0 Å². The molecule has 1 atom stereocenters. The Hall–Kier alpha value is -2.37. The van der Waals surface area contributed by atoms with E-state index in [1.54, 1.807) is 12.4 Å². The van der Waals surface area contributed by atoms with Gasteiger partial charge in [-0.2, -0.15) is 13.2 Å². The van der Waals surface area contributed by atoms with E-state index in [0.717, 1.165) is 17.7 Å². The number of carbonyl (C=O) groups excluding carboxylic acids is 1. The normalized spacial score (nSPS) is 12.7. The lowest BCUT2D eigenvalue weighted by Crippen LogP contribution is -2.34. The van der Waals surface area contributed by atoms with Gasteiger partial charge in [-0.1, -0.05) is 0 Å². The molecule has 6 heteroatoms. The molecule has 1 aromatic carbocycles. The fourth-order valence-electron chi connectivity index (χ4n) is 2.04. The molecule has 0 aliphatic rings. The van der Waals surface area contributed by atoms with Crippen LogP contribution >= 0.6 is 0 Å². The van der Waals surface area contributed by atoms with Crippen LogP contribution in [0.4, 0.5) is 13.2 Å². The number of hydrogen-bond donors (Lipinski definition) is 1. The molecule has 1 amide bonds. The zero-order valence-corrected chi connectivity index (χ0v) is 11.9. The first-order valence-corrected chi connectivity index (χ1v) is 6.73. The van der Waals surface area contributed by atoms with Gasteiger partial charge < -0.3 is 5.32 Å². The van der Waals surface area contributed by atoms with Crippen molar-refractivity contribution in [3.05, 3.63) is 65.5 Å². The van der Waals surface area contributed by atoms with Gasteiger partial charge in [0.1, 0.15) is 0 Å². The Morgan fingerprint density at radius 3 is 2.27 bits per heavy atom. The van der Waals surface area contributed by atoms with E-state index in [0.29, 0.717) is 6.42 Å². The first-order valence-electron chi connectivity index (χ1n) is 6.73. The lowest BCUT2D eigenvalue weighted by molar-refractivity contribution is -0.137. The monoisotopic (exact) mass is 308 g/mol. The summed E-state index contributed by atoms with van der Waals surface area (Å²) in [4.78, 5) is 15.9. The quantitative estimate of drug-likeness (QED) is 0.940. The number of pyridine rings is 1. The molecule has 0 saturated carbocycles. The second-order valence-corrected chi connectivity index (χ2v) is 5.01. The van der Waals surface area contributed by atoms with Crippen molar-refractivity contribution in [3.63, 3.8) is 0 Å². The minimum atomic E-state index is -4.40. The van der Waals surface area contributed by atoms with Crippen LogP contribution < -0.4 is 5.32 Å². The Balaban J connectivity index is 1.97. The molecule has 0 bridgehead atoms. The molecule has 1 aromatic heterocycles. The zero-order valence-electron chi connectivity index (χ0n) is 11.9. The van der Waals surface area contributed by atoms with Gasteiger partial charge in [-0.15, -0.1) is 0 Å². The SMILES string of the molecule is C[C@@H](Cc1ccncc1)NC(=O)c1ccc(C(F)(F)F)cc1. The fourth-order valence-corrected chi connectivity index (χ4v) is 2.04. The molecule has 2 rings (SSSR count). The van der Waals surface area contributed by atoms with Crippen molar-refractivity contribution >= 4 is 5.91 Å². The number of carbonyl (C=O) groups is 1. The minimum Gasteiger partial charge on any atom is -0.349 e. The number of benzene rings is 1. The minimum absolute atomic E-state index is 0.141. The van der Waals surface area contributed by atoms with E-state index in [9.17, 15) is 18.0 Å². The lowest BCUT2D eigenvalue weighted by atomic mass is 10.1. The lowest BCUT2D eigenvalue weighted by Gasteiger charge is -2.14. The Bertz CT molecular complexity index is 624. The molecule has 2 aromatic rings. The fraction of sp³-hybridized carbons (Fsp3) is 0.250. The Morgan fingerprint density at radius 2 is 1.73 bits per heavy atom. The van der Waals surface area contributed by atoms with Crippen LogP contribution in [-0.4, -0.2) is 16.9 Å². The molecule has 22 heavy (non-hydrogen) atoms. The van der Waals surface area contributed by atoms with E-state index in [-0.39, 0.29) is 11.6 Å². The van der Waals surface area contributed by atoms with E-state index in [1.807, 2.05) is 19.1 Å². The average molecular weight is 308 g/mol. The maximum absolute atomic E-state index is 12.5. The van der Waals surface area contributed by atoms with Crippen molar-refractivity contribution in [1.29, 1.82) is 0 Å². The number of rotatable bonds is 4. The summed E-state index contributed by atoms with van der Waals surface area (Å²) in [5.41, 5.74) is 0.457. The molecular formula is C16H15F3N2O. The molecule has 0 aliphatic heterocycles. The van der Waals surface area contributed by atoms with Crippen LogP contribution in [0.25, 0.3) is 0 Å². The number of amides is 1. The smallest absolute Gasteiger partial charge is 0.349 e. The number of nitrogens with zero attached hydrogens (tertiary/aromatic N) is 1. The van der Waals surface area contributed by atoms with Crippen LogP contribution in [0.5, 0.6) is 0 Å². The van der Waals surface area contributed by atoms with Crippen molar-refractivity contribution in [2.45, 2.75) is 25.6 Å². The molecule has 1 heterocycles. The highest BCUT2D eigenvalue weighted by Crippen LogP contribution is 2.29. The summed E-state index contributed by atoms with van der Waals surface area (Å²) in [7, 11) is 0. The summed E-state index contributed by atoms with van der Waals surface area (Å²) in [6.45, 7) is 1.84. The molecule has 0 radical (unpaired) electrons. The molecule has 116 valence electrons. The molecular weight excluding hydrogens is 293 g/mol. The molecule has 1 N–H and O–H groups in total. The molecule has 3 nitrogen and oxygen atoms in total. The second kappa shape index (κ2) is 6.60. The highest BCUT2D eigenvalue weighted by molar-refractivity contribution is 5.94. The summed E-state index contributed by atoms with van der Waals surface area (Å²) >= 11 is 0. The summed E-state index contributed by atoms with van der Waals surface area (Å²) in [5.74, 6) is -0.393. The van der Waals surface area contributed by atoms with Crippen LogP contribution in [0.15, 0.2) is 48.8 Å². The highest BCUT2D eigenvalue weighted by Gasteiger charge is 2.30. The summed E-state index contributed by atoms with van der Waals surface area (Å²) < 4.78 is 37.4. The molecule has 0 fully saturated rings. The Morgan fingerprint density at radius 1 is 1.14 bits per heavy atom. The van der Waals surface area contributed by atoms with Gasteiger partial charge in [0, 0.05) is 24.0 Å². The molecule has 0 aliphatic carbocycles. The summed E-state index contributed by atoms with van der Waals surface area (Å²) in [5, 5.41) is 2.76. The van der Waals surface area contributed by atoms with Gasteiger partial charge in [-0.05, 0) is 55.3 Å². The number of nitrogens with one attached hydrogen (secondary N) is 1. The first kappa shape index (κ1) is 16.0. The van der Waals surface area contributed by atoms with Gasteiger partial charge >= 0.3 is 6.18 Å². The van der Waals surface area contributed by atoms with E-state index in [4.69, 9.17) is 0 Å². The van der Waals surface area contributed by atoms with Crippen LogP contribution in [0.1, 0.15) is 28.4 Å². The number of hydrogen-bond acceptors (Lipinski definition) is 2. The van der Waals surface area contributed by atoms with Crippen molar-refractivity contribution in [3.8, 4) is 0 Å². The molecule has 0 spiro atoms. The highest BCUT2D eigenvalue weighted by atomic mass is 19.4. The standard InChI is InChI=1S/C16H15F3N2O/c1-11(10-12-6-8-20-9-7-12)21-15(22)13-2-4-14(5-3-13)16(17,18)19/h2-9,11H,10H2,1H3,(H,21,22)/t11-/m0/s1. The molecule has 0 unspecified atom stereocenters. The first-order chi connectivity index (χ1) is 10.4. The number of alkyl halides is 3. The maximum atomic E-state index is 12.5. The Labute approximate surface area is 126 Å². The Kier molecular flexibility index (Phi) is 4.80. The van der Waals surface area contributed by atoms with Gasteiger partial charge in [0.25, 0.3) is 5.91 Å². The predicted octanol–water partition coefficient (Wildman–Crippen LogP) is 3.46. The summed E-state index contributed by atoms with van der Waals surface area (Å²) in [6.07, 6.45) is -0.446. The van der Waals surface area contributed by atoms with Crippen LogP contribution in [0, 0.1) is 0 Å². The molecule has 0 saturated heterocycles.